The number of esters is 1. The Bertz CT molecular complexity index is 857. The third-order valence-electron chi connectivity index (χ3n) is 4.51. The standard InChI is InChI=1S/C22H23NO3/c1-4-25-21(24)14-17-6-9-18(23-15-17)8-5-16-7-10-20-19(13-16)22(2,3)11-12-26-20/h6-7,9-10,13,15H,4,11-12,14H2,1-3H3. The monoisotopic (exact) mass is 349 g/mol. The van der Waals surface area contributed by atoms with Gasteiger partial charge in [-0.2, -0.15) is 0 Å². The molecule has 1 aromatic carbocycles. The summed E-state index contributed by atoms with van der Waals surface area (Å²) in [6, 6.07) is 9.76. The van der Waals surface area contributed by atoms with Crippen molar-refractivity contribution in [3.63, 3.8) is 0 Å². The highest BCUT2D eigenvalue weighted by atomic mass is 16.5. The smallest absolute Gasteiger partial charge is 0.310 e. The van der Waals surface area contributed by atoms with Gasteiger partial charge in [0.25, 0.3) is 0 Å². The summed E-state index contributed by atoms with van der Waals surface area (Å²) in [5, 5.41) is 0. The molecule has 1 aromatic heterocycles. The molecule has 4 nitrogen and oxygen atoms in total. The van der Waals surface area contributed by atoms with E-state index in [1.807, 2.05) is 24.3 Å². The number of pyridine rings is 1. The molecule has 0 radical (unpaired) electrons. The zero-order valence-electron chi connectivity index (χ0n) is 15.5. The fourth-order valence-electron chi connectivity index (χ4n) is 2.93. The fourth-order valence-corrected chi connectivity index (χ4v) is 2.93. The van der Waals surface area contributed by atoms with Crippen LogP contribution in [0, 0.1) is 11.8 Å². The van der Waals surface area contributed by atoms with Crippen LogP contribution < -0.4 is 4.74 Å². The number of carbonyl (C=O) groups excluding carboxylic acids is 1. The van der Waals surface area contributed by atoms with Gasteiger partial charge in [0.15, 0.2) is 0 Å². The lowest BCUT2D eigenvalue weighted by molar-refractivity contribution is -0.142. The van der Waals surface area contributed by atoms with Crippen LogP contribution in [0.4, 0.5) is 0 Å². The summed E-state index contributed by atoms with van der Waals surface area (Å²) in [5.74, 6) is 6.96. The van der Waals surface area contributed by atoms with E-state index in [4.69, 9.17) is 9.47 Å². The largest absolute Gasteiger partial charge is 0.493 e. The van der Waals surface area contributed by atoms with Gasteiger partial charge in [0.05, 0.1) is 19.6 Å². The van der Waals surface area contributed by atoms with E-state index in [2.05, 4.69) is 36.7 Å². The number of nitrogens with zero attached hydrogens (tertiary/aromatic N) is 1. The van der Waals surface area contributed by atoms with Crippen LogP contribution in [-0.4, -0.2) is 24.2 Å². The number of hydrogen-bond donors (Lipinski definition) is 0. The summed E-state index contributed by atoms with van der Waals surface area (Å²) in [5.41, 5.74) is 3.73. The van der Waals surface area contributed by atoms with E-state index >= 15 is 0 Å². The van der Waals surface area contributed by atoms with Crippen LogP contribution in [0.25, 0.3) is 0 Å². The summed E-state index contributed by atoms with van der Waals surface area (Å²) in [6.07, 6.45) is 2.90. The Morgan fingerprint density at radius 1 is 1.27 bits per heavy atom. The number of rotatable bonds is 3. The third-order valence-corrected chi connectivity index (χ3v) is 4.51. The van der Waals surface area contributed by atoms with Crippen molar-refractivity contribution in [2.45, 2.75) is 39.0 Å². The quantitative estimate of drug-likeness (QED) is 0.627. The molecule has 0 bridgehead atoms. The Kier molecular flexibility index (Phi) is 5.27. The van der Waals surface area contributed by atoms with Gasteiger partial charge in [0.2, 0.25) is 0 Å². The third kappa shape index (κ3) is 4.23. The molecule has 4 heteroatoms. The van der Waals surface area contributed by atoms with E-state index in [1.54, 1.807) is 13.1 Å². The summed E-state index contributed by atoms with van der Waals surface area (Å²) in [7, 11) is 0. The van der Waals surface area contributed by atoms with Gasteiger partial charge >= 0.3 is 5.97 Å². The van der Waals surface area contributed by atoms with Gasteiger partial charge < -0.3 is 9.47 Å². The van der Waals surface area contributed by atoms with Crippen LogP contribution in [0.1, 0.15) is 49.6 Å². The average Bonchev–Trinajstić information content (AvgIpc) is 2.61. The first-order chi connectivity index (χ1) is 12.5. The second-order valence-corrected chi connectivity index (χ2v) is 6.98. The van der Waals surface area contributed by atoms with E-state index < -0.39 is 0 Å². The predicted octanol–water partition coefficient (Wildman–Crippen LogP) is 3.65. The zero-order chi connectivity index (χ0) is 18.6. The molecule has 0 saturated heterocycles. The molecule has 0 aliphatic carbocycles. The summed E-state index contributed by atoms with van der Waals surface area (Å²) in [6.45, 7) is 7.40. The van der Waals surface area contributed by atoms with E-state index in [1.165, 1.54) is 5.56 Å². The highest BCUT2D eigenvalue weighted by Crippen LogP contribution is 2.38. The van der Waals surface area contributed by atoms with Gasteiger partial charge in [-0.25, -0.2) is 4.98 Å². The first kappa shape index (κ1) is 18.0. The lowest BCUT2D eigenvalue weighted by Gasteiger charge is -2.32. The number of benzene rings is 1. The minimum absolute atomic E-state index is 0.0955. The summed E-state index contributed by atoms with van der Waals surface area (Å²) < 4.78 is 10.7. The topological polar surface area (TPSA) is 48.4 Å². The molecule has 0 unspecified atom stereocenters. The SMILES string of the molecule is CCOC(=O)Cc1ccc(C#Cc2ccc3c(c2)C(C)(C)CCO3)nc1. The van der Waals surface area contributed by atoms with Crippen LogP contribution >= 0.6 is 0 Å². The number of aromatic nitrogens is 1. The summed E-state index contributed by atoms with van der Waals surface area (Å²) >= 11 is 0. The highest BCUT2D eigenvalue weighted by molar-refractivity contribution is 5.72. The molecule has 2 aromatic rings. The lowest BCUT2D eigenvalue weighted by atomic mass is 9.79. The molecule has 134 valence electrons. The van der Waals surface area contributed by atoms with E-state index in [-0.39, 0.29) is 17.8 Å². The van der Waals surface area contributed by atoms with Gasteiger partial charge in [0.1, 0.15) is 11.4 Å². The number of hydrogen-bond acceptors (Lipinski definition) is 4. The maximum Gasteiger partial charge on any atom is 0.310 e. The molecule has 3 rings (SSSR count). The van der Waals surface area contributed by atoms with Crippen molar-refractivity contribution < 1.29 is 14.3 Å². The first-order valence-electron chi connectivity index (χ1n) is 8.88. The minimum Gasteiger partial charge on any atom is -0.493 e. The van der Waals surface area contributed by atoms with Crippen molar-refractivity contribution in [3.05, 3.63) is 58.9 Å². The molecule has 2 heterocycles. The molecule has 0 fully saturated rings. The Hall–Kier alpha value is -2.80. The molecule has 1 aliphatic rings. The molecule has 0 amide bonds. The molecular weight excluding hydrogens is 326 g/mol. The first-order valence-corrected chi connectivity index (χ1v) is 8.88. The second kappa shape index (κ2) is 7.61. The fraction of sp³-hybridized carbons (Fsp3) is 0.364. The summed E-state index contributed by atoms with van der Waals surface area (Å²) in [4.78, 5) is 15.8. The normalized spacial score (nSPS) is 14.4. The molecule has 0 atom stereocenters. The Labute approximate surface area is 154 Å². The molecule has 0 saturated carbocycles. The lowest BCUT2D eigenvalue weighted by Crippen LogP contribution is -2.26. The highest BCUT2D eigenvalue weighted by Gasteiger charge is 2.28. The van der Waals surface area contributed by atoms with Crippen molar-refractivity contribution in [3.8, 4) is 17.6 Å². The molecule has 1 aliphatic heterocycles. The minimum atomic E-state index is -0.243. The molecule has 0 N–H and O–H groups in total. The van der Waals surface area contributed by atoms with Crippen molar-refractivity contribution in [1.29, 1.82) is 0 Å². The van der Waals surface area contributed by atoms with Gasteiger partial charge in [-0.3, -0.25) is 4.79 Å². The molecular formula is C22H23NO3. The zero-order valence-corrected chi connectivity index (χ0v) is 15.5. The van der Waals surface area contributed by atoms with Crippen LogP contribution in [0.15, 0.2) is 36.5 Å². The van der Waals surface area contributed by atoms with Gasteiger partial charge in [-0.1, -0.05) is 25.8 Å². The predicted molar refractivity (Wildman–Crippen MR) is 100 cm³/mol. The van der Waals surface area contributed by atoms with E-state index in [0.29, 0.717) is 12.3 Å². The van der Waals surface area contributed by atoms with Crippen molar-refractivity contribution in [2.75, 3.05) is 13.2 Å². The van der Waals surface area contributed by atoms with E-state index in [0.717, 1.165) is 29.9 Å². The Morgan fingerprint density at radius 2 is 2.12 bits per heavy atom. The van der Waals surface area contributed by atoms with Crippen molar-refractivity contribution >= 4 is 5.97 Å². The van der Waals surface area contributed by atoms with Crippen molar-refractivity contribution in [2.24, 2.45) is 0 Å². The Balaban J connectivity index is 1.75. The van der Waals surface area contributed by atoms with Crippen LogP contribution in [0.2, 0.25) is 0 Å². The molecule has 0 spiro atoms. The number of carbonyl (C=O) groups is 1. The number of ether oxygens (including phenoxy) is 2. The van der Waals surface area contributed by atoms with Crippen LogP contribution in [-0.2, 0) is 21.4 Å². The maximum absolute atomic E-state index is 11.5. The van der Waals surface area contributed by atoms with Crippen LogP contribution in [0.3, 0.4) is 0 Å². The second-order valence-electron chi connectivity index (χ2n) is 6.98. The maximum atomic E-state index is 11.5. The van der Waals surface area contributed by atoms with E-state index in [9.17, 15) is 4.79 Å². The van der Waals surface area contributed by atoms with Gasteiger partial charge in [-0.15, -0.1) is 0 Å². The van der Waals surface area contributed by atoms with Crippen LogP contribution in [0.5, 0.6) is 5.75 Å². The molecule has 26 heavy (non-hydrogen) atoms. The van der Waals surface area contributed by atoms with Gasteiger partial charge in [-0.05, 0) is 54.5 Å². The Morgan fingerprint density at radius 3 is 2.85 bits per heavy atom. The van der Waals surface area contributed by atoms with Gasteiger partial charge in [0, 0.05) is 17.3 Å². The van der Waals surface area contributed by atoms with Crippen molar-refractivity contribution in [1.82, 2.24) is 4.98 Å². The average molecular weight is 349 g/mol. The number of fused-ring (bicyclic) bond motifs is 1.